The Hall–Kier alpha value is -3.57. The second-order valence-electron chi connectivity index (χ2n) is 12.5. The fourth-order valence-electron chi connectivity index (χ4n) is 5.39. The van der Waals surface area contributed by atoms with E-state index in [0.29, 0.717) is 38.6 Å². The highest BCUT2D eigenvalue weighted by atomic mass is 16.4. The van der Waals surface area contributed by atoms with Crippen molar-refractivity contribution in [2.24, 2.45) is 5.41 Å². The summed E-state index contributed by atoms with van der Waals surface area (Å²) in [6.45, 7) is 1.58. The van der Waals surface area contributed by atoms with Crippen molar-refractivity contribution in [3.8, 4) is 0 Å². The topological polar surface area (TPSA) is 195 Å². The van der Waals surface area contributed by atoms with Gasteiger partial charge in [-0.25, -0.2) is 4.79 Å². The summed E-state index contributed by atoms with van der Waals surface area (Å²) in [5, 5.41) is 30.2. The molecule has 46 heavy (non-hydrogen) atoms. The van der Waals surface area contributed by atoms with Gasteiger partial charge in [0.05, 0.1) is 0 Å². The van der Waals surface area contributed by atoms with Gasteiger partial charge in [-0.1, -0.05) is 83.5 Å². The molecule has 1 aliphatic heterocycles. The molecule has 260 valence electrons. The van der Waals surface area contributed by atoms with Crippen LogP contribution in [0.3, 0.4) is 0 Å². The van der Waals surface area contributed by atoms with E-state index < -0.39 is 29.4 Å². The minimum Gasteiger partial charge on any atom is -0.480 e. The monoisotopic (exact) mass is 650 g/mol. The third kappa shape index (κ3) is 16.7. The molecule has 1 rings (SSSR count). The molecular weight excluding hydrogens is 596 g/mol. The molecule has 1 unspecified atom stereocenters. The minimum atomic E-state index is -1.70. The number of amides is 3. The van der Waals surface area contributed by atoms with Crippen LogP contribution in [0.15, 0.2) is 12.2 Å². The third-order valence-corrected chi connectivity index (χ3v) is 8.61. The van der Waals surface area contributed by atoms with E-state index in [9.17, 15) is 38.7 Å². The number of ketones is 1. The Balaban J connectivity index is 1.99. The summed E-state index contributed by atoms with van der Waals surface area (Å²) in [4.78, 5) is 82.6. The van der Waals surface area contributed by atoms with Crippen LogP contribution in [0.25, 0.3) is 0 Å². The van der Waals surface area contributed by atoms with E-state index in [1.807, 2.05) is 0 Å². The van der Waals surface area contributed by atoms with E-state index in [4.69, 9.17) is 10.2 Å². The van der Waals surface area contributed by atoms with Gasteiger partial charge in [0.15, 0.2) is 5.41 Å². The number of carboxylic acid groups (broad SMARTS) is 3. The van der Waals surface area contributed by atoms with Gasteiger partial charge in [-0.05, 0) is 39.0 Å². The van der Waals surface area contributed by atoms with Crippen LogP contribution in [0.1, 0.15) is 142 Å². The van der Waals surface area contributed by atoms with Crippen LogP contribution in [0.5, 0.6) is 0 Å². The maximum Gasteiger partial charge on any atom is 0.326 e. The molecule has 12 nitrogen and oxygen atoms in total. The maximum atomic E-state index is 12.3. The molecule has 3 amide bonds. The number of nitrogens with one attached hydrogen (secondary N) is 1. The number of carboxylic acids is 3. The fraction of sp³-hybridized carbons (Fsp3) is 0.735. The van der Waals surface area contributed by atoms with E-state index in [-0.39, 0.29) is 55.6 Å². The zero-order valence-electron chi connectivity index (χ0n) is 27.4. The van der Waals surface area contributed by atoms with Gasteiger partial charge in [0.25, 0.3) is 11.8 Å². The Morgan fingerprint density at radius 2 is 1.09 bits per heavy atom. The SMILES string of the molecule is CC(CCCCCCCCCCCCCCCC(=O)NC(CCC(=O)CCCCCN1C(=O)C=CC1=O)C(=O)O)(C(=O)O)C(=O)O. The molecule has 0 saturated carbocycles. The second-order valence-corrected chi connectivity index (χ2v) is 12.5. The largest absolute Gasteiger partial charge is 0.480 e. The average Bonchev–Trinajstić information content (AvgIpc) is 3.32. The fourth-order valence-corrected chi connectivity index (χ4v) is 5.39. The van der Waals surface area contributed by atoms with Crippen LogP contribution in [-0.2, 0) is 33.6 Å². The average molecular weight is 651 g/mol. The lowest BCUT2D eigenvalue weighted by Crippen LogP contribution is -2.41. The van der Waals surface area contributed by atoms with Crippen molar-refractivity contribution in [2.45, 2.75) is 148 Å². The first kappa shape index (κ1) is 40.5. The van der Waals surface area contributed by atoms with Crippen molar-refractivity contribution >= 4 is 41.4 Å². The zero-order valence-corrected chi connectivity index (χ0v) is 27.4. The number of carbonyl (C=O) groups is 7. The van der Waals surface area contributed by atoms with Gasteiger partial charge in [0.2, 0.25) is 5.91 Å². The van der Waals surface area contributed by atoms with Gasteiger partial charge in [-0.15, -0.1) is 0 Å². The molecule has 12 heteroatoms. The molecule has 1 atom stereocenters. The molecule has 0 saturated heterocycles. The van der Waals surface area contributed by atoms with Crippen LogP contribution >= 0.6 is 0 Å². The third-order valence-electron chi connectivity index (χ3n) is 8.61. The molecule has 0 bridgehead atoms. The van der Waals surface area contributed by atoms with E-state index in [0.717, 1.165) is 75.5 Å². The lowest BCUT2D eigenvalue weighted by Gasteiger charge is -2.19. The summed E-state index contributed by atoms with van der Waals surface area (Å²) < 4.78 is 0. The maximum absolute atomic E-state index is 12.3. The van der Waals surface area contributed by atoms with E-state index >= 15 is 0 Å². The van der Waals surface area contributed by atoms with Gasteiger partial charge in [0, 0.05) is 38.0 Å². The molecule has 0 aromatic carbocycles. The van der Waals surface area contributed by atoms with E-state index in [2.05, 4.69) is 5.32 Å². The van der Waals surface area contributed by atoms with Crippen LogP contribution in [-0.4, -0.2) is 74.2 Å². The summed E-state index contributed by atoms with van der Waals surface area (Å²) in [5.74, 6) is -4.78. The molecule has 0 aromatic heterocycles. The predicted octanol–water partition coefficient (Wildman–Crippen LogP) is 5.42. The Bertz CT molecular complexity index is 1020. The van der Waals surface area contributed by atoms with Crippen molar-refractivity contribution in [3.05, 3.63) is 12.2 Å². The molecular formula is C34H54N2O10. The van der Waals surface area contributed by atoms with Gasteiger partial charge >= 0.3 is 17.9 Å². The molecule has 0 fully saturated rings. The Morgan fingerprint density at radius 1 is 0.652 bits per heavy atom. The quantitative estimate of drug-likeness (QED) is 0.0461. The number of nitrogens with zero attached hydrogens (tertiary/aromatic N) is 1. The standard InChI is InChI=1S/C34H54N2O10/c1-34(32(43)44,33(45)46)24-16-12-10-8-6-4-2-3-5-7-9-11-15-19-28(38)35-27(31(41)42)21-20-26(37)18-14-13-17-25-36-29(39)22-23-30(36)40/h22-23,27H,2-21,24-25H2,1H3,(H,35,38)(H,41,42)(H,43,44)(H,45,46). The van der Waals surface area contributed by atoms with Gasteiger partial charge in [-0.2, -0.15) is 0 Å². The summed E-state index contributed by atoms with van der Waals surface area (Å²) in [7, 11) is 0. The first-order chi connectivity index (χ1) is 21.9. The highest BCUT2D eigenvalue weighted by Gasteiger charge is 2.40. The normalized spacial score (nSPS) is 13.6. The summed E-state index contributed by atoms with van der Waals surface area (Å²) in [5.41, 5.74) is -1.70. The summed E-state index contributed by atoms with van der Waals surface area (Å²) in [6.07, 6.45) is 17.9. The predicted molar refractivity (Wildman–Crippen MR) is 171 cm³/mol. The summed E-state index contributed by atoms with van der Waals surface area (Å²) in [6, 6.07) is -1.10. The molecule has 1 aliphatic rings. The van der Waals surface area contributed by atoms with Gasteiger partial charge in [-0.3, -0.25) is 33.7 Å². The number of aliphatic carboxylic acids is 3. The van der Waals surface area contributed by atoms with Crippen LogP contribution in [0.2, 0.25) is 0 Å². The summed E-state index contributed by atoms with van der Waals surface area (Å²) >= 11 is 0. The molecule has 0 radical (unpaired) electrons. The molecule has 0 aromatic rings. The number of Topliss-reactive ketones (excluding diaryl/α,β-unsaturated/α-hetero) is 1. The Morgan fingerprint density at radius 3 is 1.57 bits per heavy atom. The second kappa shape index (κ2) is 22.9. The molecule has 1 heterocycles. The van der Waals surface area contributed by atoms with Crippen LogP contribution in [0, 0.1) is 5.41 Å². The lowest BCUT2D eigenvalue weighted by molar-refractivity contribution is -0.164. The Kier molecular flexibility index (Phi) is 20.1. The van der Waals surface area contributed by atoms with Crippen molar-refractivity contribution in [2.75, 3.05) is 6.54 Å². The minimum absolute atomic E-state index is 0.0431. The number of hydrogen-bond acceptors (Lipinski definition) is 7. The molecule has 0 spiro atoms. The number of hydrogen-bond donors (Lipinski definition) is 4. The number of unbranched alkanes of at least 4 members (excludes halogenated alkanes) is 14. The first-order valence-electron chi connectivity index (χ1n) is 16.9. The van der Waals surface area contributed by atoms with E-state index in [1.165, 1.54) is 19.1 Å². The van der Waals surface area contributed by atoms with Gasteiger partial charge in [0.1, 0.15) is 11.8 Å². The molecule has 4 N–H and O–H groups in total. The van der Waals surface area contributed by atoms with Crippen molar-refractivity contribution in [1.29, 1.82) is 0 Å². The first-order valence-corrected chi connectivity index (χ1v) is 16.9. The lowest BCUT2D eigenvalue weighted by atomic mass is 9.85. The smallest absolute Gasteiger partial charge is 0.326 e. The molecule has 0 aliphatic carbocycles. The van der Waals surface area contributed by atoms with Crippen molar-refractivity contribution in [1.82, 2.24) is 10.2 Å². The highest BCUT2D eigenvalue weighted by Crippen LogP contribution is 2.26. The Labute approximate surface area is 272 Å². The number of carbonyl (C=O) groups excluding carboxylic acids is 4. The van der Waals surface area contributed by atoms with Crippen molar-refractivity contribution in [3.63, 3.8) is 0 Å². The number of imide groups is 1. The highest BCUT2D eigenvalue weighted by molar-refractivity contribution is 6.12. The van der Waals surface area contributed by atoms with Crippen molar-refractivity contribution < 1.29 is 48.9 Å². The van der Waals surface area contributed by atoms with E-state index in [1.54, 1.807) is 0 Å². The van der Waals surface area contributed by atoms with Crippen LogP contribution in [0.4, 0.5) is 0 Å². The van der Waals surface area contributed by atoms with Gasteiger partial charge < -0.3 is 20.6 Å². The van der Waals surface area contributed by atoms with Crippen LogP contribution < -0.4 is 5.32 Å². The number of rotatable bonds is 29. The zero-order chi connectivity index (χ0) is 34.4.